The minimum Gasteiger partial charge on any atom is -0.464 e. The number of esters is 1. The number of hydrogen-bond donors (Lipinski definition) is 2. The molecular formula is C12H16N4O2. The van der Waals surface area contributed by atoms with Gasteiger partial charge in [-0.05, 0) is 18.2 Å². The summed E-state index contributed by atoms with van der Waals surface area (Å²) in [6, 6.07) is 5.54. The highest BCUT2D eigenvalue weighted by molar-refractivity contribution is 5.87. The maximum Gasteiger partial charge on any atom is 0.354 e. The van der Waals surface area contributed by atoms with Crippen LogP contribution in [0.2, 0.25) is 0 Å². The van der Waals surface area contributed by atoms with Crippen LogP contribution in [0.3, 0.4) is 0 Å². The van der Waals surface area contributed by atoms with Crippen molar-refractivity contribution in [1.82, 2.24) is 20.1 Å². The molecule has 0 amide bonds. The molecule has 0 spiro atoms. The van der Waals surface area contributed by atoms with Gasteiger partial charge in [0.1, 0.15) is 5.69 Å². The topological polar surface area (TPSA) is 71.9 Å². The lowest BCUT2D eigenvalue weighted by atomic mass is 10.4. The Bertz CT molecular complexity index is 530. The fourth-order valence-electron chi connectivity index (χ4n) is 1.67. The van der Waals surface area contributed by atoms with Crippen LogP contribution in [0.15, 0.2) is 24.4 Å². The second-order valence-electron chi connectivity index (χ2n) is 3.94. The predicted molar refractivity (Wildman–Crippen MR) is 65.9 cm³/mol. The van der Waals surface area contributed by atoms with E-state index in [0.29, 0.717) is 12.2 Å². The third-order valence-electron chi connectivity index (χ3n) is 2.70. The Labute approximate surface area is 105 Å². The van der Waals surface area contributed by atoms with Crippen LogP contribution in [0.1, 0.15) is 21.9 Å². The SMILES string of the molecule is COC(=O)c1ccc(CNCc2ccnn2C)[nH]1. The molecule has 0 radical (unpaired) electrons. The summed E-state index contributed by atoms with van der Waals surface area (Å²) in [5.41, 5.74) is 2.52. The van der Waals surface area contributed by atoms with Gasteiger partial charge in [0.2, 0.25) is 0 Å². The highest BCUT2D eigenvalue weighted by Gasteiger charge is 2.07. The van der Waals surface area contributed by atoms with E-state index < -0.39 is 0 Å². The lowest BCUT2D eigenvalue weighted by Crippen LogP contribution is -2.15. The summed E-state index contributed by atoms with van der Waals surface area (Å²) in [6.07, 6.45) is 1.76. The van der Waals surface area contributed by atoms with Crippen LogP contribution in [-0.2, 0) is 24.9 Å². The Balaban J connectivity index is 1.85. The number of methoxy groups -OCH3 is 1. The molecule has 0 aliphatic carbocycles. The maximum absolute atomic E-state index is 11.2. The van der Waals surface area contributed by atoms with Gasteiger partial charge in [-0.25, -0.2) is 4.79 Å². The first-order valence-electron chi connectivity index (χ1n) is 5.64. The molecule has 2 N–H and O–H groups in total. The van der Waals surface area contributed by atoms with Crippen LogP contribution in [0.5, 0.6) is 0 Å². The fourth-order valence-corrected chi connectivity index (χ4v) is 1.67. The van der Waals surface area contributed by atoms with Gasteiger partial charge in [0.25, 0.3) is 0 Å². The molecule has 0 saturated carbocycles. The Morgan fingerprint density at radius 1 is 1.44 bits per heavy atom. The molecule has 2 rings (SSSR count). The van der Waals surface area contributed by atoms with Gasteiger partial charge in [0.15, 0.2) is 0 Å². The Morgan fingerprint density at radius 3 is 2.94 bits per heavy atom. The molecule has 6 heteroatoms. The molecule has 0 fully saturated rings. The first-order valence-corrected chi connectivity index (χ1v) is 5.64. The smallest absolute Gasteiger partial charge is 0.354 e. The molecule has 96 valence electrons. The Morgan fingerprint density at radius 2 is 2.28 bits per heavy atom. The van der Waals surface area contributed by atoms with E-state index in [1.165, 1.54) is 7.11 Å². The summed E-state index contributed by atoms with van der Waals surface area (Å²) in [7, 11) is 3.27. The van der Waals surface area contributed by atoms with E-state index in [0.717, 1.165) is 17.9 Å². The Hall–Kier alpha value is -2.08. The van der Waals surface area contributed by atoms with E-state index in [4.69, 9.17) is 0 Å². The lowest BCUT2D eigenvalue weighted by Gasteiger charge is -2.03. The molecule has 6 nitrogen and oxygen atoms in total. The monoisotopic (exact) mass is 248 g/mol. The average molecular weight is 248 g/mol. The van der Waals surface area contributed by atoms with Crippen molar-refractivity contribution < 1.29 is 9.53 Å². The summed E-state index contributed by atoms with van der Waals surface area (Å²) in [4.78, 5) is 14.2. The largest absolute Gasteiger partial charge is 0.464 e. The first-order chi connectivity index (χ1) is 8.70. The van der Waals surface area contributed by atoms with Crippen LogP contribution >= 0.6 is 0 Å². The summed E-state index contributed by atoms with van der Waals surface area (Å²) in [6.45, 7) is 1.38. The standard InChI is InChI=1S/C12H16N4O2/c1-16-10(5-6-14-16)8-13-7-9-3-4-11(15-9)12(17)18-2/h3-6,13,15H,7-8H2,1-2H3. The number of aryl methyl sites for hydroxylation is 1. The van der Waals surface area contributed by atoms with Gasteiger partial charge < -0.3 is 15.0 Å². The molecule has 0 unspecified atom stereocenters. The highest BCUT2D eigenvalue weighted by Crippen LogP contribution is 2.03. The number of aromatic amines is 1. The van der Waals surface area contributed by atoms with Crippen molar-refractivity contribution in [3.05, 3.63) is 41.5 Å². The molecular weight excluding hydrogens is 232 g/mol. The minimum absolute atomic E-state index is 0.354. The predicted octanol–water partition coefficient (Wildman–Crippen LogP) is 0.825. The van der Waals surface area contributed by atoms with Crippen LogP contribution in [0, 0.1) is 0 Å². The van der Waals surface area contributed by atoms with Crippen molar-refractivity contribution in [2.24, 2.45) is 7.05 Å². The number of nitrogens with zero attached hydrogens (tertiary/aromatic N) is 2. The summed E-state index contributed by atoms with van der Waals surface area (Å²) >= 11 is 0. The van der Waals surface area contributed by atoms with Crippen molar-refractivity contribution in [3.63, 3.8) is 0 Å². The van der Waals surface area contributed by atoms with E-state index >= 15 is 0 Å². The summed E-state index contributed by atoms with van der Waals surface area (Å²) < 4.78 is 6.45. The minimum atomic E-state index is -0.354. The number of rotatable bonds is 5. The van der Waals surface area contributed by atoms with Gasteiger partial charge in [0, 0.05) is 32.0 Å². The number of aromatic nitrogens is 3. The molecule has 2 aromatic heterocycles. The van der Waals surface area contributed by atoms with E-state index in [2.05, 4.69) is 20.1 Å². The quantitative estimate of drug-likeness (QED) is 0.769. The maximum atomic E-state index is 11.2. The van der Waals surface area contributed by atoms with Crippen molar-refractivity contribution in [3.8, 4) is 0 Å². The number of carbonyl (C=O) groups is 1. The first kappa shape index (κ1) is 12.4. The van der Waals surface area contributed by atoms with E-state index in [1.807, 2.05) is 23.9 Å². The van der Waals surface area contributed by atoms with Crippen molar-refractivity contribution in [1.29, 1.82) is 0 Å². The van der Waals surface area contributed by atoms with E-state index in [1.54, 1.807) is 12.3 Å². The molecule has 0 atom stereocenters. The van der Waals surface area contributed by atoms with Crippen LogP contribution < -0.4 is 5.32 Å². The summed E-state index contributed by atoms with van der Waals surface area (Å²) in [5, 5.41) is 7.36. The molecule has 0 aromatic carbocycles. The summed E-state index contributed by atoms with van der Waals surface area (Å²) in [5.74, 6) is -0.354. The second-order valence-corrected chi connectivity index (χ2v) is 3.94. The van der Waals surface area contributed by atoms with Crippen molar-refractivity contribution in [2.45, 2.75) is 13.1 Å². The molecule has 0 saturated heterocycles. The number of H-pyrrole nitrogens is 1. The van der Waals surface area contributed by atoms with Crippen LogP contribution in [0.4, 0.5) is 0 Å². The molecule has 0 aliphatic rings. The molecule has 0 aliphatic heterocycles. The van der Waals surface area contributed by atoms with E-state index in [9.17, 15) is 4.79 Å². The average Bonchev–Trinajstić information content (AvgIpc) is 2.99. The molecule has 2 aromatic rings. The number of carbonyl (C=O) groups excluding carboxylic acids is 1. The zero-order valence-electron chi connectivity index (χ0n) is 10.4. The molecule has 0 bridgehead atoms. The number of ether oxygens (including phenoxy) is 1. The van der Waals surface area contributed by atoms with Crippen molar-refractivity contribution in [2.75, 3.05) is 7.11 Å². The molecule has 18 heavy (non-hydrogen) atoms. The van der Waals surface area contributed by atoms with Gasteiger partial charge in [-0.15, -0.1) is 0 Å². The normalized spacial score (nSPS) is 10.6. The van der Waals surface area contributed by atoms with Gasteiger partial charge in [-0.1, -0.05) is 0 Å². The third kappa shape index (κ3) is 2.78. The lowest BCUT2D eigenvalue weighted by molar-refractivity contribution is 0.0594. The van der Waals surface area contributed by atoms with Crippen molar-refractivity contribution >= 4 is 5.97 Å². The Kier molecular flexibility index (Phi) is 3.78. The molecule has 2 heterocycles. The zero-order chi connectivity index (χ0) is 13.0. The number of hydrogen-bond acceptors (Lipinski definition) is 4. The van der Waals surface area contributed by atoms with Crippen LogP contribution in [0.25, 0.3) is 0 Å². The van der Waals surface area contributed by atoms with Gasteiger partial charge in [0.05, 0.1) is 12.8 Å². The van der Waals surface area contributed by atoms with Crippen LogP contribution in [-0.4, -0.2) is 27.8 Å². The third-order valence-corrected chi connectivity index (χ3v) is 2.70. The van der Waals surface area contributed by atoms with E-state index in [-0.39, 0.29) is 5.97 Å². The second kappa shape index (κ2) is 5.50. The zero-order valence-corrected chi connectivity index (χ0v) is 10.4. The van der Waals surface area contributed by atoms with Gasteiger partial charge >= 0.3 is 5.97 Å². The fraction of sp³-hybridized carbons (Fsp3) is 0.333. The highest BCUT2D eigenvalue weighted by atomic mass is 16.5. The number of nitrogens with one attached hydrogen (secondary N) is 2. The van der Waals surface area contributed by atoms with Gasteiger partial charge in [-0.3, -0.25) is 4.68 Å². The van der Waals surface area contributed by atoms with Gasteiger partial charge in [-0.2, -0.15) is 5.10 Å².